The van der Waals surface area contributed by atoms with Crippen molar-refractivity contribution in [3.8, 4) is 17.2 Å². The number of aromatic hydroxyl groups is 2. The quantitative estimate of drug-likeness (QED) is 0.167. The second-order valence-corrected chi connectivity index (χ2v) is 9.35. The number of aliphatic hydroxyl groups excluding tert-OH is 7. The van der Waals surface area contributed by atoms with Crippen molar-refractivity contribution in [3.05, 3.63) is 53.6 Å². The summed E-state index contributed by atoms with van der Waals surface area (Å²) in [7, 11) is 0. The Morgan fingerprint density at radius 2 is 1.23 bits per heavy atom. The van der Waals surface area contributed by atoms with Gasteiger partial charge in [0.15, 0.2) is 6.29 Å². The molecule has 0 amide bonds. The van der Waals surface area contributed by atoms with E-state index in [9.17, 15) is 46.0 Å². The smallest absolute Gasteiger partial charge is 0.229 e. The molecule has 0 saturated carbocycles. The van der Waals surface area contributed by atoms with Gasteiger partial charge >= 0.3 is 0 Å². The van der Waals surface area contributed by atoms with E-state index in [1.165, 1.54) is 30.3 Å². The maximum atomic E-state index is 10.4. The van der Waals surface area contributed by atoms with E-state index < -0.39 is 74.6 Å². The average molecular weight is 553 g/mol. The summed E-state index contributed by atoms with van der Waals surface area (Å²) in [5, 5.41) is 90.0. The molecule has 0 radical (unpaired) electrons. The summed E-state index contributed by atoms with van der Waals surface area (Å²) in [6.07, 6.45) is -12.1. The molecule has 2 heterocycles. The van der Waals surface area contributed by atoms with E-state index in [0.717, 1.165) is 5.56 Å². The molecular formula is C26H32O13. The summed E-state index contributed by atoms with van der Waals surface area (Å²) >= 11 is 0. The molecule has 9 N–H and O–H groups in total. The van der Waals surface area contributed by atoms with Gasteiger partial charge in [0.25, 0.3) is 0 Å². The van der Waals surface area contributed by atoms with Crippen LogP contribution in [0.2, 0.25) is 0 Å². The molecule has 13 heteroatoms. The highest BCUT2D eigenvalue weighted by Crippen LogP contribution is 2.29. The van der Waals surface area contributed by atoms with Crippen molar-refractivity contribution < 1.29 is 64.9 Å². The Bertz CT molecular complexity index is 1110. The molecule has 214 valence electrons. The van der Waals surface area contributed by atoms with Gasteiger partial charge in [-0.05, 0) is 35.4 Å². The van der Waals surface area contributed by atoms with Crippen molar-refractivity contribution >= 4 is 12.2 Å². The van der Waals surface area contributed by atoms with Crippen LogP contribution in [0.25, 0.3) is 12.2 Å². The number of phenolic OH excluding ortho intramolecular Hbond substituents is 2. The maximum Gasteiger partial charge on any atom is 0.229 e. The topological polar surface area (TPSA) is 219 Å². The third-order valence-corrected chi connectivity index (χ3v) is 6.47. The number of phenols is 2. The van der Waals surface area contributed by atoms with Gasteiger partial charge in [0.2, 0.25) is 6.29 Å². The van der Waals surface area contributed by atoms with Crippen molar-refractivity contribution in [1.29, 1.82) is 0 Å². The van der Waals surface area contributed by atoms with Crippen LogP contribution in [0.3, 0.4) is 0 Å². The second-order valence-electron chi connectivity index (χ2n) is 9.35. The molecule has 4 rings (SSSR count). The minimum absolute atomic E-state index is 0.0709. The SMILES string of the molecule is OC[C@H]1O[C@H](OC[C@H]2O[C@@H](Oc3cc(O)cc(/C=C/c4ccc(O)cc4)c3)[C@H](O)[C@@H](O)[C@@H]2O)[C@H](O)[C@@H](O)[C@@H]1O. The lowest BCUT2D eigenvalue weighted by Gasteiger charge is -2.42. The van der Waals surface area contributed by atoms with Gasteiger partial charge in [-0.3, -0.25) is 0 Å². The zero-order valence-electron chi connectivity index (χ0n) is 20.5. The summed E-state index contributed by atoms with van der Waals surface area (Å²) in [5.41, 5.74) is 1.30. The molecule has 2 aromatic carbocycles. The molecule has 0 aliphatic carbocycles. The zero-order valence-corrected chi connectivity index (χ0v) is 20.5. The van der Waals surface area contributed by atoms with Gasteiger partial charge in [0.05, 0.1) is 13.2 Å². The van der Waals surface area contributed by atoms with Crippen LogP contribution in [0.1, 0.15) is 11.1 Å². The monoisotopic (exact) mass is 552 g/mol. The number of rotatable bonds is 8. The zero-order chi connectivity index (χ0) is 28.3. The van der Waals surface area contributed by atoms with Crippen LogP contribution in [0.4, 0.5) is 0 Å². The Morgan fingerprint density at radius 1 is 0.641 bits per heavy atom. The van der Waals surface area contributed by atoms with E-state index in [2.05, 4.69) is 0 Å². The van der Waals surface area contributed by atoms with Crippen LogP contribution >= 0.6 is 0 Å². The molecule has 2 fully saturated rings. The third kappa shape index (κ3) is 6.85. The maximum absolute atomic E-state index is 10.4. The summed E-state index contributed by atoms with van der Waals surface area (Å²) in [6.45, 7) is -1.17. The Morgan fingerprint density at radius 3 is 1.90 bits per heavy atom. The van der Waals surface area contributed by atoms with Gasteiger partial charge in [-0.15, -0.1) is 0 Å². The minimum atomic E-state index is -1.72. The van der Waals surface area contributed by atoms with Crippen LogP contribution < -0.4 is 4.74 Å². The highest BCUT2D eigenvalue weighted by Gasteiger charge is 2.47. The molecule has 0 aromatic heterocycles. The number of hydrogen-bond acceptors (Lipinski definition) is 13. The molecule has 13 nitrogen and oxygen atoms in total. The van der Waals surface area contributed by atoms with Crippen LogP contribution in [-0.4, -0.2) is 121 Å². The second kappa shape index (κ2) is 12.6. The highest BCUT2D eigenvalue weighted by atomic mass is 16.7. The largest absolute Gasteiger partial charge is 0.508 e. The highest BCUT2D eigenvalue weighted by molar-refractivity contribution is 5.71. The molecule has 2 aliphatic rings. The first kappa shape index (κ1) is 29.2. The molecule has 10 atom stereocenters. The third-order valence-electron chi connectivity index (χ3n) is 6.47. The summed E-state index contributed by atoms with van der Waals surface area (Å²) in [4.78, 5) is 0. The van der Waals surface area contributed by atoms with Gasteiger partial charge in [-0.25, -0.2) is 0 Å². The van der Waals surface area contributed by atoms with Crippen LogP contribution in [0.15, 0.2) is 42.5 Å². The minimum Gasteiger partial charge on any atom is -0.508 e. The normalized spacial score (nSPS) is 35.3. The summed E-state index contributed by atoms with van der Waals surface area (Å²) in [5.74, 6) is 0.0308. The molecular weight excluding hydrogens is 520 g/mol. The standard InChI is InChI=1S/C26H32O13/c27-10-17-19(30)21(32)23(34)25(38-17)36-11-18-20(31)22(33)24(35)26(39-18)37-16-8-13(7-15(29)9-16)2-1-12-3-5-14(28)6-4-12/h1-9,17-35H,10-11H2/b2-1+/t17-,18-,19-,20-,21+,22+,23-,24-,25+,26-/m1/s1. The number of benzene rings is 2. The van der Waals surface area contributed by atoms with Gasteiger partial charge in [0.1, 0.15) is 66.1 Å². The lowest BCUT2D eigenvalue weighted by Crippen LogP contribution is -2.62. The molecule has 39 heavy (non-hydrogen) atoms. The Kier molecular flexibility index (Phi) is 9.40. The number of aliphatic hydroxyl groups is 7. The van der Waals surface area contributed by atoms with E-state index in [4.69, 9.17) is 18.9 Å². The first-order valence-corrected chi connectivity index (χ1v) is 12.2. The Labute approximate surface area is 222 Å². The van der Waals surface area contributed by atoms with E-state index in [1.54, 1.807) is 24.3 Å². The summed E-state index contributed by atoms with van der Waals surface area (Å²) < 4.78 is 21.9. The van der Waals surface area contributed by atoms with Crippen molar-refractivity contribution in [1.82, 2.24) is 0 Å². The Hall–Kier alpha value is -2.82. The van der Waals surface area contributed by atoms with Crippen LogP contribution in [-0.2, 0) is 14.2 Å². The van der Waals surface area contributed by atoms with Gasteiger partial charge < -0.3 is 64.9 Å². The van der Waals surface area contributed by atoms with Crippen molar-refractivity contribution in [3.63, 3.8) is 0 Å². The molecule has 0 spiro atoms. The lowest BCUT2D eigenvalue weighted by atomic mass is 9.98. The van der Waals surface area contributed by atoms with Gasteiger partial charge in [-0.2, -0.15) is 0 Å². The molecule has 2 aliphatic heterocycles. The predicted octanol–water partition coefficient (Wildman–Crippen LogP) is -1.73. The summed E-state index contributed by atoms with van der Waals surface area (Å²) in [6, 6.07) is 10.7. The fourth-order valence-electron chi connectivity index (χ4n) is 4.23. The first-order valence-electron chi connectivity index (χ1n) is 12.2. The van der Waals surface area contributed by atoms with E-state index in [-0.39, 0.29) is 17.2 Å². The van der Waals surface area contributed by atoms with Crippen LogP contribution in [0.5, 0.6) is 17.2 Å². The van der Waals surface area contributed by atoms with Gasteiger partial charge in [0, 0.05) is 6.07 Å². The van der Waals surface area contributed by atoms with Crippen molar-refractivity contribution in [2.24, 2.45) is 0 Å². The van der Waals surface area contributed by atoms with E-state index in [0.29, 0.717) is 5.56 Å². The van der Waals surface area contributed by atoms with E-state index in [1.807, 2.05) is 0 Å². The van der Waals surface area contributed by atoms with Crippen LogP contribution in [0, 0.1) is 0 Å². The van der Waals surface area contributed by atoms with E-state index >= 15 is 0 Å². The fraction of sp³-hybridized carbons (Fsp3) is 0.462. The lowest BCUT2D eigenvalue weighted by molar-refractivity contribution is -0.323. The molecule has 0 unspecified atom stereocenters. The predicted molar refractivity (Wildman–Crippen MR) is 132 cm³/mol. The van der Waals surface area contributed by atoms with Crippen molar-refractivity contribution in [2.75, 3.05) is 13.2 Å². The molecule has 2 saturated heterocycles. The first-order chi connectivity index (χ1) is 18.6. The van der Waals surface area contributed by atoms with Gasteiger partial charge in [-0.1, -0.05) is 24.3 Å². The molecule has 0 bridgehead atoms. The fourth-order valence-corrected chi connectivity index (χ4v) is 4.23. The van der Waals surface area contributed by atoms with Crippen molar-refractivity contribution in [2.45, 2.75) is 61.4 Å². The average Bonchev–Trinajstić information content (AvgIpc) is 2.91. The number of hydrogen-bond donors (Lipinski definition) is 9. The molecule has 2 aromatic rings. The number of ether oxygens (including phenoxy) is 4. The Balaban J connectivity index is 1.43.